The third-order valence-electron chi connectivity index (χ3n) is 5.18. The summed E-state index contributed by atoms with van der Waals surface area (Å²) in [5.74, 6) is -3.79. The van der Waals surface area contributed by atoms with Gasteiger partial charge in [-0.1, -0.05) is 13.8 Å². The van der Waals surface area contributed by atoms with E-state index in [4.69, 9.17) is 10.8 Å². The van der Waals surface area contributed by atoms with Crippen LogP contribution in [0, 0.1) is 5.92 Å². The fraction of sp³-hybridized carbons (Fsp3) is 0.636. The van der Waals surface area contributed by atoms with E-state index in [2.05, 4.69) is 25.9 Å². The van der Waals surface area contributed by atoms with Gasteiger partial charge in [-0.25, -0.2) is 9.78 Å². The second kappa shape index (κ2) is 15.8. The lowest BCUT2D eigenvalue weighted by Gasteiger charge is -2.26. The maximum absolute atomic E-state index is 13.1. The SMILES string of the molecule is CSCCC(NC(=O)C(CC(C)C)NC(=O)C(N)CCC(=O)O)C(=O)NC(Cc1cnc[nH]1)C(=O)O. The lowest BCUT2D eigenvalue weighted by molar-refractivity contribution is -0.142. The molecule has 0 fully saturated rings. The molecule has 1 aromatic rings. The van der Waals surface area contributed by atoms with Crippen molar-refractivity contribution in [3.8, 4) is 0 Å². The summed E-state index contributed by atoms with van der Waals surface area (Å²) in [5.41, 5.74) is 6.28. The number of aromatic nitrogens is 2. The second-order valence-corrected chi connectivity index (χ2v) is 9.74. The first-order chi connectivity index (χ1) is 16.9. The van der Waals surface area contributed by atoms with Crippen molar-refractivity contribution in [1.29, 1.82) is 0 Å². The first kappa shape index (κ1) is 30.9. The normalized spacial score (nSPS) is 14.4. The minimum Gasteiger partial charge on any atom is -0.481 e. The lowest BCUT2D eigenvalue weighted by atomic mass is 10.0. The topological polar surface area (TPSA) is 217 Å². The number of nitrogens with one attached hydrogen (secondary N) is 4. The molecule has 0 saturated heterocycles. The van der Waals surface area contributed by atoms with Crippen molar-refractivity contribution in [2.75, 3.05) is 12.0 Å². The molecule has 14 heteroatoms. The molecule has 202 valence electrons. The van der Waals surface area contributed by atoms with Gasteiger partial charge in [0.25, 0.3) is 0 Å². The summed E-state index contributed by atoms with van der Waals surface area (Å²) >= 11 is 1.45. The van der Waals surface area contributed by atoms with Crippen molar-refractivity contribution in [2.45, 2.75) is 70.1 Å². The molecule has 0 radical (unpaired) electrons. The van der Waals surface area contributed by atoms with Crippen molar-refractivity contribution in [2.24, 2.45) is 11.7 Å². The van der Waals surface area contributed by atoms with Crippen LogP contribution in [0.3, 0.4) is 0 Å². The van der Waals surface area contributed by atoms with Crippen LogP contribution in [0.5, 0.6) is 0 Å². The summed E-state index contributed by atoms with van der Waals surface area (Å²) in [7, 11) is 0. The van der Waals surface area contributed by atoms with Crippen molar-refractivity contribution in [1.82, 2.24) is 25.9 Å². The quantitative estimate of drug-likeness (QED) is 0.137. The number of carboxylic acids is 2. The van der Waals surface area contributed by atoms with E-state index in [1.54, 1.807) is 0 Å². The molecule has 0 saturated carbocycles. The highest BCUT2D eigenvalue weighted by Gasteiger charge is 2.30. The summed E-state index contributed by atoms with van der Waals surface area (Å²) in [6, 6.07) is -4.41. The highest BCUT2D eigenvalue weighted by atomic mass is 32.2. The molecule has 0 aromatic carbocycles. The van der Waals surface area contributed by atoms with Crippen LogP contribution in [0.2, 0.25) is 0 Å². The summed E-state index contributed by atoms with van der Waals surface area (Å²) < 4.78 is 0. The summed E-state index contributed by atoms with van der Waals surface area (Å²) in [6.45, 7) is 3.70. The number of nitrogens with two attached hydrogens (primary N) is 1. The number of carboxylic acid groups (broad SMARTS) is 2. The number of hydrogen-bond acceptors (Lipinski definition) is 8. The van der Waals surface area contributed by atoms with Crippen molar-refractivity contribution in [3.63, 3.8) is 0 Å². The van der Waals surface area contributed by atoms with Gasteiger partial charge in [0.05, 0.1) is 12.4 Å². The van der Waals surface area contributed by atoms with E-state index in [-0.39, 0.29) is 38.0 Å². The monoisotopic (exact) mass is 528 g/mol. The van der Waals surface area contributed by atoms with Gasteiger partial charge < -0.3 is 36.9 Å². The first-order valence-electron chi connectivity index (χ1n) is 11.5. The average molecular weight is 529 g/mol. The van der Waals surface area contributed by atoms with Crippen LogP contribution in [0.15, 0.2) is 12.5 Å². The molecule has 1 aromatic heterocycles. The predicted octanol–water partition coefficient (Wildman–Crippen LogP) is -0.517. The number of hydrogen-bond donors (Lipinski definition) is 7. The van der Waals surface area contributed by atoms with Crippen LogP contribution in [0.25, 0.3) is 0 Å². The van der Waals surface area contributed by atoms with Crippen LogP contribution in [0.4, 0.5) is 0 Å². The summed E-state index contributed by atoms with van der Waals surface area (Å²) in [5, 5.41) is 26.0. The Kier molecular flexibility index (Phi) is 13.5. The number of carbonyl (C=O) groups is 5. The fourth-order valence-corrected chi connectivity index (χ4v) is 3.73. The number of H-pyrrole nitrogens is 1. The van der Waals surface area contributed by atoms with Gasteiger partial charge in [0.1, 0.15) is 18.1 Å². The number of amides is 3. The van der Waals surface area contributed by atoms with Gasteiger partial charge in [0, 0.05) is 24.7 Å². The molecule has 0 bridgehead atoms. The van der Waals surface area contributed by atoms with E-state index >= 15 is 0 Å². The third-order valence-corrected chi connectivity index (χ3v) is 5.83. The van der Waals surface area contributed by atoms with Crippen LogP contribution in [-0.4, -0.2) is 86.0 Å². The Hall–Kier alpha value is -3.13. The highest BCUT2D eigenvalue weighted by Crippen LogP contribution is 2.09. The Morgan fingerprint density at radius 3 is 2.14 bits per heavy atom. The van der Waals surface area contributed by atoms with E-state index in [0.29, 0.717) is 11.4 Å². The molecule has 3 amide bonds. The molecule has 0 aliphatic carbocycles. The Morgan fingerprint density at radius 1 is 1.00 bits per heavy atom. The zero-order chi connectivity index (χ0) is 27.3. The van der Waals surface area contributed by atoms with Gasteiger partial charge >= 0.3 is 11.9 Å². The molecule has 13 nitrogen and oxygen atoms in total. The largest absolute Gasteiger partial charge is 0.481 e. The van der Waals surface area contributed by atoms with E-state index in [0.717, 1.165) is 0 Å². The number of carbonyl (C=O) groups excluding carboxylic acids is 3. The molecule has 1 rings (SSSR count). The number of aromatic amines is 1. The maximum atomic E-state index is 13.1. The molecule has 0 spiro atoms. The molecular formula is C22H36N6O7S. The van der Waals surface area contributed by atoms with E-state index in [1.165, 1.54) is 24.3 Å². The van der Waals surface area contributed by atoms with Crippen molar-refractivity contribution in [3.05, 3.63) is 18.2 Å². The van der Waals surface area contributed by atoms with Gasteiger partial charge in [0.15, 0.2) is 0 Å². The zero-order valence-electron chi connectivity index (χ0n) is 20.7. The second-order valence-electron chi connectivity index (χ2n) is 8.75. The van der Waals surface area contributed by atoms with E-state index in [1.807, 2.05) is 20.1 Å². The van der Waals surface area contributed by atoms with Crippen molar-refractivity contribution < 1.29 is 34.2 Å². The Labute approximate surface area is 213 Å². The number of rotatable bonds is 17. The van der Waals surface area contributed by atoms with Crippen LogP contribution in [0.1, 0.15) is 45.2 Å². The molecule has 8 N–H and O–H groups in total. The van der Waals surface area contributed by atoms with Crippen LogP contribution in [-0.2, 0) is 30.4 Å². The smallest absolute Gasteiger partial charge is 0.326 e. The van der Waals surface area contributed by atoms with E-state index < -0.39 is 53.8 Å². The maximum Gasteiger partial charge on any atom is 0.326 e. The van der Waals surface area contributed by atoms with Gasteiger partial charge in [-0.05, 0) is 37.2 Å². The lowest BCUT2D eigenvalue weighted by Crippen LogP contribution is -2.57. The van der Waals surface area contributed by atoms with Crippen LogP contribution >= 0.6 is 11.8 Å². The Bertz CT molecular complexity index is 880. The number of imidazole rings is 1. The Morgan fingerprint density at radius 2 is 1.61 bits per heavy atom. The highest BCUT2D eigenvalue weighted by molar-refractivity contribution is 7.98. The molecule has 4 unspecified atom stereocenters. The number of nitrogens with zero attached hydrogens (tertiary/aromatic N) is 1. The Balaban J connectivity index is 2.93. The molecule has 4 atom stereocenters. The predicted molar refractivity (Wildman–Crippen MR) is 133 cm³/mol. The van der Waals surface area contributed by atoms with Gasteiger partial charge in [-0.15, -0.1) is 0 Å². The van der Waals surface area contributed by atoms with E-state index in [9.17, 15) is 29.1 Å². The number of thioether (sulfide) groups is 1. The zero-order valence-corrected chi connectivity index (χ0v) is 21.5. The average Bonchev–Trinajstić information content (AvgIpc) is 3.31. The fourth-order valence-electron chi connectivity index (χ4n) is 3.26. The minimum atomic E-state index is -1.25. The molecular weight excluding hydrogens is 492 g/mol. The molecule has 0 aliphatic rings. The standard InChI is InChI=1S/C22H36N6O7S/c1-12(2)8-16(27-19(31)14(23)4-5-18(29)30)21(33)26-15(6-7-36-3)20(32)28-17(22(34)35)9-13-10-24-11-25-13/h10-12,14-17H,4-9,23H2,1-3H3,(H,24,25)(H,26,33)(H,27,31)(H,28,32)(H,29,30)(H,34,35). The van der Waals surface area contributed by atoms with Gasteiger partial charge in [0.2, 0.25) is 17.7 Å². The third kappa shape index (κ3) is 11.5. The summed E-state index contributed by atoms with van der Waals surface area (Å²) in [6.07, 6.45) is 4.75. The summed E-state index contributed by atoms with van der Waals surface area (Å²) in [4.78, 5) is 67.6. The van der Waals surface area contributed by atoms with Gasteiger partial charge in [-0.3, -0.25) is 19.2 Å². The minimum absolute atomic E-state index is 0.000522. The molecule has 1 heterocycles. The molecule has 36 heavy (non-hydrogen) atoms. The first-order valence-corrected chi connectivity index (χ1v) is 12.9. The number of aliphatic carboxylic acids is 2. The van der Waals surface area contributed by atoms with Crippen LogP contribution < -0.4 is 21.7 Å². The van der Waals surface area contributed by atoms with Crippen molar-refractivity contribution >= 4 is 41.4 Å². The molecule has 0 aliphatic heterocycles. The van der Waals surface area contributed by atoms with Gasteiger partial charge in [-0.2, -0.15) is 11.8 Å².